The van der Waals surface area contributed by atoms with Crippen LogP contribution in [0, 0.1) is 6.92 Å². The number of nitrogens with one attached hydrogen (secondary N) is 2. The topological polar surface area (TPSA) is 58.2 Å². The van der Waals surface area contributed by atoms with Gasteiger partial charge in [-0.1, -0.05) is 18.9 Å². The zero-order valence-electron chi connectivity index (χ0n) is 10.9. The first-order valence-electron chi connectivity index (χ1n) is 6.33. The van der Waals surface area contributed by atoms with Crippen molar-refractivity contribution in [1.82, 2.24) is 4.72 Å². The lowest BCUT2D eigenvalue weighted by Gasteiger charge is -2.15. The molecule has 4 nitrogen and oxygen atoms in total. The smallest absolute Gasteiger partial charge is 0.242 e. The Hall–Kier alpha value is -1.07. The molecule has 1 fully saturated rings. The van der Waals surface area contributed by atoms with Crippen molar-refractivity contribution in [2.75, 3.05) is 12.4 Å². The maximum atomic E-state index is 12.4. The number of hydrogen-bond donors (Lipinski definition) is 2. The number of aryl methyl sites for hydroxylation is 1. The second-order valence-electron chi connectivity index (χ2n) is 4.85. The molecule has 0 aromatic heterocycles. The van der Waals surface area contributed by atoms with Gasteiger partial charge in [-0.2, -0.15) is 0 Å². The highest BCUT2D eigenvalue weighted by Crippen LogP contribution is 2.25. The van der Waals surface area contributed by atoms with E-state index in [1.165, 1.54) is 0 Å². The summed E-state index contributed by atoms with van der Waals surface area (Å²) < 4.78 is 27.5. The fraction of sp³-hybridized carbons (Fsp3) is 0.538. The number of rotatable bonds is 4. The molecule has 0 bridgehead atoms. The standard InChI is InChI=1S/C13H20N2O2S/c1-10-7-8-12(14-2)13(9-10)18(16,17)15-11-5-3-4-6-11/h7-9,11,14-15H,3-6H2,1-2H3. The Morgan fingerprint density at radius 2 is 1.89 bits per heavy atom. The molecular formula is C13H20N2O2S. The predicted molar refractivity (Wildman–Crippen MR) is 73.3 cm³/mol. The van der Waals surface area contributed by atoms with Crippen LogP contribution in [0.25, 0.3) is 0 Å². The van der Waals surface area contributed by atoms with Gasteiger partial charge in [-0.15, -0.1) is 0 Å². The van der Waals surface area contributed by atoms with Crippen molar-refractivity contribution >= 4 is 15.7 Å². The summed E-state index contributed by atoms with van der Waals surface area (Å²) in [6.45, 7) is 1.90. The highest BCUT2D eigenvalue weighted by molar-refractivity contribution is 7.89. The van der Waals surface area contributed by atoms with Crippen LogP contribution in [0.2, 0.25) is 0 Å². The van der Waals surface area contributed by atoms with Crippen LogP contribution in [-0.2, 0) is 10.0 Å². The summed E-state index contributed by atoms with van der Waals surface area (Å²) in [5.74, 6) is 0. The van der Waals surface area contributed by atoms with Crippen LogP contribution in [0.15, 0.2) is 23.1 Å². The minimum Gasteiger partial charge on any atom is -0.387 e. The molecule has 2 rings (SSSR count). The fourth-order valence-corrected chi connectivity index (χ4v) is 3.99. The van der Waals surface area contributed by atoms with Crippen LogP contribution in [0.3, 0.4) is 0 Å². The average Bonchev–Trinajstić information content (AvgIpc) is 2.81. The Morgan fingerprint density at radius 3 is 2.50 bits per heavy atom. The van der Waals surface area contributed by atoms with Crippen LogP contribution >= 0.6 is 0 Å². The molecule has 1 saturated carbocycles. The van der Waals surface area contributed by atoms with Gasteiger partial charge in [-0.05, 0) is 37.5 Å². The molecule has 1 aliphatic carbocycles. The minimum atomic E-state index is -3.42. The summed E-state index contributed by atoms with van der Waals surface area (Å²) in [5, 5.41) is 2.93. The zero-order valence-corrected chi connectivity index (χ0v) is 11.7. The number of sulfonamides is 1. The Bertz CT molecular complexity index is 520. The lowest BCUT2D eigenvalue weighted by Crippen LogP contribution is -2.33. The van der Waals surface area contributed by atoms with Crippen LogP contribution in [0.4, 0.5) is 5.69 Å². The predicted octanol–water partition coefficient (Wildman–Crippen LogP) is 2.26. The zero-order chi connectivity index (χ0) is 13.2. The van der Waals surface area contributed by atoms with E-state index < -0.39 is 10.0 Å². The Kier molecular flexibility index (Phi) is 3.92. The van der Waals surface area contributed by atoms with Crippen molar-refractivity contribution in [2.45, 2.75) is 43.5 Å². The molecule has 100 valence electrons. The van der Waals surface area contributed by atoms with E-state index in [0.29, 0.717) is 10.6 Å². The van der Waals surface area contributed by atoms with Crippen molar-refractivity contribution in [2.24, 2.45) is 0 Å². The van der Waals surface area contributed by atoms with Gasteiger partial charge in [-0.3, -0.25) is 0 Å². The molecule has 1 aromatic rings. The van der Waals surface area contributed by atoms with Gasteiger partial charge >= 0.3 is 0 Å². The molecule has 0 atom stereocenters. The maximum Gasteiger partial charge on any atom is 0.242 e. The van der Waals surface area contributed by atoms with Crippen molar-refractivity contribution in [3.05, 3.63) is 23.8 Å². The molecule has 5 heteroatoms. The lowest BCUT2D eigenvalue weighted by molar-refractivity contribution is 0.552. The molecule has 0 amide bonds. The largest absolute Gasteiger partial charge is 0.387 e. The van der Waals surface area contributed by atoms with E-state index in [1.54, 1.807) is 19.2 Å². The van der Waals surface area contributed by atoms with E-state index >= 15 is 0 Å². The van der Waals surface area contributed by atoms with Gasteiger partial charge in [0.1, 0.15) is 4.90 Å². The summed E-state index contributed by atoms with van der Waals surface area (Å²) in [6, 6.07) is 5.52. The highest BCUT2D eigenvalue weighted by atomic mass is 32.2. The summed E-state index contributed by atoms with van der Waals surface area (Å²) in [6.07, 6.45) is 4.11. The monoisotopic (exact) mass is 268 g/mol. The Labute approximate surface area is 109 Å². The molecule has 0 saturated heterocycles. The second-order valence-corrected chi connectivity index (χ2v) is 6.53. The van der Waals surface area contributed by atoms with Crippen LogP contribution in [-0.4, -0.2) is 21.5 Å². The minimum absolute atomic E-state index is 0.0974. The summed E-state index contributed by atoms with van der Waals surface area (Å²) in [5.41, 5.74) is 1.59. The summed E-state index contributed by atoms with van der Waals surface area (Å²) >= 11 is 0. The summed E-state index contributed by atoms with van der Waals surface area (Å²) in [7, 11) is -1.69. The first-order chi connectivity index (χ1) is 8.53. The third-order valence-electron chi connectivity index (χ3n) is 3.37. The van der Waals surface area contributed by atoms with Gasteiger partial charge in [0.15, 0.2) is 0 Å². The van der Waals surface area contributed by atoms with Crippen molar-refractivity contribution < 1.29 is 8.42 Å². The second kappa shape index (κ2) is 5.28. The number of anilines is 1. The number of benzene rings is 1. The number of hydrogen-bond acceptors (Lipinski definition) is 3. The fourth-order valence-electron chi connectivity index (χ4n) is 2.38. The van der Waals surface area contributed by atoms with Crippen molar-refractivity contribution in [1.29, 1.82) is 0 Å². The molecule has 0 spiro atoms. The van der Waals surface area contributed by atoms with Crippen molar-refractivity contribution in [3.8, 4) is 0 Å². The van der Waals surface area contributed by atoms with Gasteiger partial charge in [0.05, 0.1) is 5.69 Å². The molecule has 1 aliphatic rings. The lowest BCUT2D eigenvalue weighted by atomic mass is 10.2. The average molecular weight is 268 g/mol. The van der Waals surface area contributed by atoms with E-state index in [0.717, 1.165) is 31.2 Å². The molecule has 2 N–H and O–H groups in total. The van der Waals surface area contributed by atoms with Gasteiger partial charge in [0.2, 0.25) is 10.0 Å². The maximum absolute atomic E-state index is 12.4. The normalized spacial score (nSPS) is 17.0. The quantitative estimate of drug-likeness (QED) is 0.880. The van der Waals surface area contributed by atoms with E-state index in [9.17, 15) is 8.42 Å². The highest BCUT2D eigenvalue weighted by Gasteiger charge is 2.24. The molecule has 18 heavy (non-hydrogen) atoms. The Morgan fingerprint density at radius 1 is 1.22 bits per heavy atom. The SMILES string of the molecule is CNc1ccc(C)cc1S(=O)(=O)NC1CCCC1. The van der Waals surface area contributed by atoms with Gasteiger partial charge in [0, 0.05) is 13.1 Å². The van der Waals surface area contributed by atoms with Gasteiger partial charge in [-0.25, -0.2) is 13.1 Å². The molecule has 0 unspecified atom stereocenters. The Balaban J connectivity index is 2.30. The summed E-state index contributed by atoms with van der Waals surface area (Å²) in [4.78, 5) is 0.344. The van der Waals surface area contributed by atoms with Crippen LogP contribution in [0.1, 0.15) is 31.2 Å². The van der Waals surface area contributed by atoms with E-state index in [-0.39, 0.29) is 6.04 Å². The van der Waals surface area contributed by atoms with Gasteiger partial charge < -0.3 is 5.32 Å². The third-order valence-corrected chi connectivity index (χ3v) is 4.93. The van der Waals surface area contributed by atoms with Crippen LogP contribution < -0.4 is 10.0 Å². The van der Waals surface area contributed by atoms with Crippen LogP contribution in [0.5, 0.6) is 0 Å². The van der Waals surface area contributed by atoms with E-state index in [4.69, 9.17) is 0 Å². The van der Waals surface area contributed by atoms with E-state index in [1.807, 2.05) is 13.0 Å². The molecule has 0 aliphatic heterocycles. The third kappa shape index (κ3) is 2.84. The molecular weight excluding hydrogens is 248 g/mol. The molecule has 0 heterocycles. The van der Waals surface area contributed by atoms with Crippen molar-refractivity contribution in [3.63, 3.8) is 0 Å². The first-order valence-corrected chi connectivity index (χ1v) is 7.82. The van der Waals surface area contributed by atoms with E-state index in [2.05, 4.69) is 10.0 Å². The first kappa shape index (κ1) is 13.4. The molecule has 1 aromatic carbocycles. The molecule has 0 radical (unpaired) electrons. The van der Waals surface area contributed by atoms with Gasteiger partial charge in [0.25, 0.3) is 0 Å².